The molecule has 1 N–H and O–H groups in total. The molecule has 0 amide bonds. The van der Waals surface area contributed by atoms with Gasteiger partial charge in [0, 0.05) is 25.7 Å². The molecule has 0 bridgehead atoms. The van der Waals surface area contributed by atoms with Crippen molar-refractivity contribution in [2.45, 2.75) is 58.5 Å². The van der Waals surface area contributed by atoms with E-state index in [9.17, 15) is 0 Å². The Balaban J connectivity index is 2.24. The number of nitrogens with zero attached hydrogens (tertiary/aromatic N) is 1. The fourth-order valence-corrected chi connectivity index (χ4v) is 3.48. The van der Waals surface area contributed by atoms with Crippen LogP contribution in [0.2, 0.25) is 0 Å². The molecule has 2 nitrogen and oxygen atoms in total. The molecule has 1 fully saturated rings. The summed E-state index contributed by atoms with van der Waals surface area (Å²) in [6.07, 6.45) is 3.77. The van der Waals surface area contributed by atoms with Crippen molar-refractivity contribution in [3.63, 3.8) is 0 Å². The number of hydrogen-bond acceptors (Lipinski definition) is 2. The van der Waals surface area contributed by atoms with E-state index in [4.69, 9.17) is 0 Å². The topological polar surface area (TPSA) is 15.3 Å². The van der Waals surface area contributed by atoms with E-state index < -0.39 is 0 Å². The smallest absolute Gasteiger partial charge is 0.0558 e. The summed E-state index contributed by atoms with van der Waals surface area (Å²) in [6.45, 7) is 12.8. The summed E-state index contributed by atoms with van der Waals surface area (Å²) < 4.78 is 0. The fraction of sp³-hybridized carbons (Fsp3) is 0.684. The molecule has 118 valence electrons. The number of hydrogen-bond donors (Lipinski definition) is 1. The van der Waals surface area contributed by atoms with Gasteiger partial charge in [0.25, 0.3) is 0 Å². The summed E-state index contributed by atoms with van der Waals surface area (Å²) in [4.78, 5) is 2.74. The lowest BCUT2D eigenvalue weighted by Gasteiger charge is -2.49. The fourth-order valence-electron chi connectivity index (χ4n) is 3.48. The molecule has 2 atom stereocenters. The number of rotatable bonds is 6. The molecule has 0 aliphatic carbocycles. The van der Waals surface area contributed by atoms with Crippen molar-refractivity contribution in [2.24, 2.45) is 5.92 Å². The van der Waals surface area contributed by atoms with Crippen LogP contribution in [0.3, 0.4) is 0 Å². The molecule has 2 heteroatoms. The Hall–Kier alpha value is -0.860. The molecule has 0 saturated carbocycles. The quantitative estimate of drug-likeness (QED) is 0.850. The molecule has 0 aromatic heterocycles. The van der Waals surface area contributed by atoms with Gasteiger partial charge in [-0.1, -0.05) is 63.9 Å². The van der Waals surface area contributed by atoms with Gasteiger partial charge in [0.1, 0.15) is 0 Å². The van der Waals surface area contributed by atoms with E-state index in [1.165, 1.54) is 37.9 Å². The highest BCUT2D eigenvalue weighted by Crippen LogP contribution is 2.32. The second kappa shape index (κ2) is 7.42. The van der Waals surface area contributed by atoms with Gasteiger partial charge in [-0.2, -0.15) is 0 Å². The first-order valence-corrected chi connectivity index (χ1v) is 8.68. The van der Waals surface area contributed by atoms with Gasteiger partial charge in [0.2, 0.25) is 0 Å². The standard InChI is InChI=1S/C19H32N2/c1-5-16(6-2)13-21-14-18(7-3)20-15-19(21,4)17-11-9-8-10-12-17/h8-12,16,18,20H,5-7,13-15H2,1-4H3. The van der Waals surface area contributed by atoms with Crippen molar-refractivity contribution in [3.8, 4) is 0 Å². The summed E-state index contributed by atoms with van der Waals surface area (Å²) in [5, 5.41) is 3.76. The maximum atomic E-state index is 3.76. The number of benzene rings is 1. The molecule has 1 saturated heterocycles. The van der Waals surface area contributed by atoms with Crippen LogP contribution in [-0.2, 0) is 5.54 Å². The van der Waals surface area contributed by atoms with Gasteiger partial charge < -0.3 is 5.32 Å². The molecule has 2 rings (SSSR count). The maximum Gasteiger partial charge on any atom is 0.0558 e. The Kier molecular flexibility index (Phi) is 5.83. The molecule has 0 radical (unpaired) electrons. The molecule has 1 aromatic carbocycles. The average molecular weight is 288 g/mol. The third kappa shape index (κ3) is 3.67. The molecule has 0 spiro atoms. The lowest BCUT2D eigenvalue weighted by Crippen LogP contribution is -2.62. The molecule has 1 aromatic rings. The largest absolute Gasteiger partial charge is 0.311 e. The van der Waals surface area contributed by atoms with E-state index in [0.29, 0.717) is 6.04 Å². The minimum Gasteiger partial charge on any atom is -0.311 e. The SMILES string of the molecule is CCC(CC)CN1CC(CC)NCC1(C)c1ccccc1. The van der Waals surface area contributed by atoms with E-state index >= 15 is 0 Å². The molecule has 21 heavy (non-hydrogen) atoms. The van der Waals surface area contributed by atoms with Gasteiger partial charge in [0.05, 0.1) is 5.54 Å². The molecule has 2 unspecified atom stereocenters. The van der Waals surface area contributed by atoms with Crippen molar-refractivity contribution in [1.82, 2.24) is 10.2 Å². The summed E-state index contributed by atoms with van der Waals surface area (Å²) in [7, 11) is 0. The van der Waals surface area contributed by atoms with E-state index in [2.05, 4.69) is 68.2 Å². The van der Waals surface area contributed by atoms with Crippen LogP contribution in [0.15, 0.2) is 30.3 Å². The maximum absolute atomic E-state index is 3.76. The Labute approximate surface area is 130 Å². The molecule has 1 heterocycles. The zero-order chi connectivity index (χ0) is 15.3. The Morgan fingerprint density at radius 2 is 1.86 bits per heavy atom. The van der Waals surface area contributed by atoms with Crippen molar-refractivity contribution < 1.29 is 0 Å². The zero-order valence-electron chi connectivity index (χ0n) is 14.2. The number of piperazine rings is 1. The van der Waals surface area contributed by atoms with Crippen LogP contribution in [0.4, 0.5) is 0 Å². The van der Waals surface area contributed by atoms with Gasteiger partial charge >= 0.3 is 0 Å². The lowest BCUT2D eigenvalue weighted by molar-refractivity contribution is 0.0329. The van der Waals surface area contributed by atoms with Gasteiger partial charge in [-0.3, -0.25) is 4.90 Å². The molecular formula is C19H32N2. The van der Waals surface area contributed by atoms with E-state index in [0.717, 1.165) is 12.5 Å². The predicted octanol–water partition coefficient (Wildman–Crippen LogP) is 4.02. The first-order valence-electron chi connectivity index (χ1n) is 8.68. The van der Waals surface area contributed by atoms with Crippen LogP contribution < -0.4 is 5.32 Å². The van der Waals surface area contributed by atoms with Gasteiger partial charge in [-0.05, 0) is 24.8 Å². The monoisotopic (exact) mass is 288 g/mol. The van der Waals surface area contributed by atoms with E-state index in [1.807, 2.05) is 0 Å². The third-order valence-corrected chi connectivity index (χ3v) is 5.40. The van der Waals surface area contributed by atoms with Crippen molar-refractivity contribution in [2.75, 3.05) is 19.6 Å². The van der Waals surface area contributed by atoms with Crippen LogP contribution in [0.25, 0.3) is 0 Å². The van der Waals surface area contributed by atoms with Crippen LogP contribution in [-0.4, -0.2) is 30.6 Å². The summed E-state index contributed by atoms with van der Waals surface area (Å²) in [6, 6.07) is 11.7. The average Bonchev–Trinajstić information content (AvgIpc) is 2.55. The van der Waals surface area contributed by atoms with Crippen molar-refractivity contribution >= 4 is 0 Å². The highest BCUT2D eigenvalue weighted by molar-refractivity contribution is 5.25. The second-order valence-corrected chi connectivity index (χ2v) is 6.71. The Bertz CT molecular complexity index is 413. The van der Waals surface area contributed by atoms with Crippen LogP contribution >= 0.6 is 0 Å². The molecular weight excluding hydrogens is 256 g/mol. The summed E-state index contributed by atoms with van der Waals surface area (Å²) >= 11 is 0. The first kappa shape index (κ1) is 16.5. The van der Waals surface area contributed by atoms with Gasteiger partial charge in [-0.25, -0.2) is 0 Å². The van der Waals surface area contributed by atoms with E-state index in [-0.39, 0.29) is 5.54 Å². The minimum absolute atomic E-state index is 0.121. The van der Waals surface area contributed by atoms with E-state index in [1.54, 1.807) is 0 Å². The highest BCUT2D eigenvalue weighted by atomic mass is 15.3. The second-order valence-electron chi connectivity index (χ2n) is 6.71. The lowest BCUT2D eigenvalue weighted by atomic mass is 9.85. The van der Waals surface area contributed by atoms with Crippen LogP contribution in [0.1, 0.15) is 52.5 Å². The van der Waals surface area contributed by atoms with Crippen LogP contribution in [0.5, 0.6) is 0 Å². The summed E-state index contributed by atoms with van der Waals surface area (Å²) in [5.74, 6) is 0.809. The number of nitrogens with one attached hydrogen (secondary N) is 1. The Morgan fingerprint density at radius 1 is 1.19 bits per heavy atom. The molecule has 1 aliphatic rings. The third-order valence-electron chi connectivity index (χ3n) is 5.40. The van der Waals surface area contributed by atoms with Gasteiger partial charge in [0.15, 0.2) is 0 Å². The zero-order valence-corrected chi connectivity index (χ0v) is 14.2. The minimum atomic E-state index is 0.121. The normalized spacial score (nSPS) is 27.2. The van der Waals surface area contributed by atoms with Crippen molar-refractivity contribution in [3.05, 3.63) is 35.9 Å². The van der Waals surface area contributed by atoms with Crippen molar-refractivity contribution in [1.29, 1.82) is 0 Å². The highest BCUT2D eigenvalue weighted by Gasteiger charge is 2.39. The van der Waals surface area contributed by atoms with Crippen LogP contribution in [0, 0.1) is 5.92 Å². The molecule has 1 aliphatic heterocycles. The predicted molar refractivity (Wildman–Crippen MR) is 91.5 cm³/mol. The first-order chi connectivity index (χ1) is 10.1. The van der Waals surface area contributed by atoms with Gasteiger partial charge in [-0.15, -0.1) is 0 Å². The summed E-state index contributed by atoms with van der Waals surface area (Å²) in [5.41, 5.74) is 1.56. The Morgan fingerprint density at radius 3 is 2.43 bits per heavy atom.